The molecular formula is C17H16O3. The van der Waals surface area contributed by atoms with Crippen LogP contribution in [0.25, 0.3) is 0 Å². The van der Waals surface area contributed by atoms with E-state index >= 15 is 0 Å². The van der Waals surface area contributed by atoms with E-state index < -0.39 is 0 Å². The maximum Gasteiger partial charge on any atom is 0.338 e. The molecule has 1 saturated heterocycles. The summed E-state index contributed by atoms with van der Waals surface area (Å²) >= 11 is 0. The second kappa shape index (κ2) is 5.47. The monoisotopic (exact) mass is 268 g/mol. The highest BCUT2D eigenvalue weighted by molar-refractivity contribution is 5.89. The van der Waals surface area contributed by atoms with Crippen molar-refractivity contribution in [2.24, 2.45) is 0 Å². The van der Waals surface area contributed by atoms with Gasteiger partial charge in [-0.2, -0.15) is 0 Å². The number of carbonyl (C=O) groups is 1. The van der Waals surface area contributed by atoms with Crippen molar-refractivity contribution < 1.29 is 14.3 Å². The quantitative estimate of drug-likeness (QED) is 0.630. The normalized spacial score (nSPS) is 22.1. The van der Waals surface area contributed by atoms with Crippen LogP contribution in [-0.2, 0) is 9.47 Å². The van der Waals surface area contributed by atoms with Gasteiger partial charge >= 0.3 is 5.97 Å². The Morgan fingerprint density at radius 2 is 1.65 bits per heavy atom. The number of epoxide rings is 1. The van der Waals surface area contributed by atoms with Crippen LogP contribution in [0.5, 0.6) is 0 Å². The van der Waals surface area contributed by atoms with Gasteiger partial charge in [0.1, 0.15) is 18.3 Å². The lowest BCUT2D eigenvalue weighted by Crippen LogP contribution is -2.20. The van der Waals surface area contributed by atoms with Crippen molar-refractivity contribution in [3.05, 3.63) is 71.8 Å². The first kappa shape index (κ1) is 12.9. The van der Waals surface area contributed by atoms with Crippen molar-refractivity contribution in [1.29, 1.82) is 0 Å². The highest BCUT2D eigenvalue weighted by atomic mass is 16.6. The van der Waals surface area contributed by atoms with Gasteiger partial charge in [0.25, 0.3) is 0 Å². The van der Waals surface area contributed by atoms with E-state index in [2.05, 4.69) is 0 Å². The van der Waals surface area contributed by atoms with Gasteiger partial charge in [0, 0.05) is 0 Å². The van der Waals surface area contributed by atoms with Gasteiger partial charge in [-0.15, -0.1) is 0 Å². The van der Waals surface area contributed by atoms with Gasteiger partial charge in [-0.05, 0) is 24.6 Å². The molecule has 0 saturated carbocycles. The number of hydrogen-bond donors (Lipinski definition) is 0. The predicted octanol–water partition coefficient (Wildman–Crippen LogP) is 3.37. The van der Waals surface area contributed by atoms with Crippen LogP contribution in [0.15, 0.2) is 60.7 Å². The maximum absolute atomic E-state index is 12.0. The van der Waals surface area contributed by atoms with Crippen LogP contribution in [0.2, 0.25) is 0 Å². The molecule has 3 nitrogen and oxygen atoms in total. The van der Waals surface area contributed by atoms with E-state index in [1.807, 2.05) is 55.5 Å². The Kier molecular flexibility index (Phi) is 3.52. The molecule has 1 heterocycles. The molecule has 0 N–H and O–H groups in total. The third kappa shape index (κ3) is 2.73. The van der Waals surface area contributed by atoms with E-state index in [4.69, 9.17) is 9.47 Å². The van der Waals surface area contributed by atoms with Crippen molar-refractivity contribution in [1.82, 2.24) is 0 Å². The average molecular weight is 268 g/mol. The van der Waals surface area contributed by atoms with Crippen LogP contribution < -0.4 is 0 Å². The molecule has 1 fully saturated rings. The summed E-state index contributed by atoms with van der Waals surface area (Å²) in [5.74, 6) is -0.305. The first-order valence-electron chi connectivity index (χ1n) is 6.72. The molecule has 1 aliphatic heterocycles. The molecule has 2 aromatic rings. The Morgan fingerprint density at radius 3 is 2.30 bits per heavy atom. The minimum atomic E-state index is -0.305. The summed E-state index contributed by atoms with van der Waals surface area (Å²) in [7, 11) is 0. The maximum atomic E-state index is 12.0. The third-order valence-corrected chi connectivity index (χ3v) is 3.42. The van der Waals surface area contributed by atoms with E-state index in [0.717, 1.165) is 5.56 Å². The minimum Gasteiger partial charge on any atom is -0.456 e. The van der Waals surface area contributed by atoms with Crippen LogP contribution in [0.3, 0.4) is 0 Å². The van der Waals surface area contributed by atoms with Crippen LogP contribution in [-0.4, -0.2) is 18.2 Å². The van der Waals surface area contributed by atoms with Crippen molar-refractivity contribution in [3.8, 4) is 0 Å². The topological polar surface area (TPSA) is 38.8 Å². The number of rotatable bonds is 4. The predicted molar refractivity (Wildman–Crippen MR) is 75.4 cm³/mol. The lowest BCUT2D eigenvalue weighted by molar-refractivity contribution is 0.0278. The van der Waals surface area contributed by atoms with E-state index in [1.54, 1.807) is 12.1 Å². The van der Waals surface area contributed by atoms with Crippen LogP contribution >= 0.6 is 0 Å². The van der Waals surface area contributed by atoms with E-state index in [-0.39, 0.29) is 24.3 Å². The number of hydrogen-bond acceptors (Lipinski definition) is 3. The fourth-order valence-electron chi connectivity index (χ4n) is 2.27. The van der Waals surface area contributed by atoms with Crippen molar-refractivity contribution in [2.45, 2.75) is 25.2 Å². The number of carbonyl (C=O) groups excluding carboxylic acids is 1. The third-order valence-electron chi connectivity index (χ3n) is 3.42. The van der Waals surface area contributed by atoms with Gasteiger partial charge in [0.2, 0.25) is 0 Å². The molecule has 102 valence electrons. The minimum absolute atomic E-state index is 0.0368. The smallest absolute Gasteiger partial charge is 0.338 e. The first-order chi connectivity index (χ1) is 9.75. The molecule has 0 spiro atoms. The Morgan fingerprint density at radius 1 is 1.05 bits per heavy atom. The van der Waals surface area contributed by atoms with E-state index in [9.17, 15) is 4.79 Å². The van der Waals surface area contributed by atoms with Gasteiger partial charge in [0.15, 0.2) is 0 Å². The second-order valence-electron chi connectivity index (χ2n) is 4.91. The molecular weight excluding hydrogens is 252 g/mol. The highest BCUT2D eigenvalue weighted by Crippen LogP contribution is 2.41. The molecule has 0 aromatic heterocycles. The fraction of sp³-hybridized carbons (Fsp3) is 0.235. The van der Waals surface area contributed by atoms with Gasteiger partial charge in [0.05, 0.1) is 5.56 Å². The summed E-state index contributed by atoms with van der Waals surface area (Å²) in [6.07, 6.45) is -0.271. The second-order valence-corrected chi connectivity index (χ2v) is 4.91. The Bertz CT molecular complexity index is 580. The Hall–Kier alpha value is -2.13. The zero-order valence-electron chi connectivity index (χ0n) is 11.2. The van der Waals surface area contributed by atoms with Crippen molar-refractivity contribution in [2.75, 3.05) is 0 Å². The molecule has 3 atom stereocenters. The number of esters is 1. The van der Waals surface area contributed by atoms with Crippen LogP contribution in [0, 0.1) is 0 Å². The van der Waals surface area contributed by atoms with Gasteiger partial charge in [-0.1, -0.05) is 48.5 Å². The molecule has 20 heavy (non-hydrogen) atoms. The summed E-state index contributed by atoms with van der Waals surface area (Å²) < 4.78 is 11.1. The van der Waals surface area contributed by atoms with Crippen molar-refractivity contribution in [3.63, 3.8) is 0 Å². The lowest BCUT2D eigenvalue weighted by Gasteiger charge is -2.10. The molecule has 0 unspecified atom stereocenters. The summed E-state index contributed by atoms with van der Waals surface area (Å²) in [4.78, 5) is 12.0. The zero-order chi connectivity index (χ0) is 13.9. The lowest BCUT2D eigenvalue weighted by atomic mass is 10.1. The number of benzene rings is 2. The van der Waals surface area contributed by atoms with Gasteiger partial charge in [-0.25, -0.2) is 4.79 Å². The van der Waals surface area contributed by atoms with Gasteiger partial charge < -0.3 is 9.47 Å². The Labute approximate surface area is 118 Å². The van der Waals surface area contributed by atoms with E-state index in [1.165, 1.54) is 0 Å². The summed E-state index contributed by atoms with van der Waals surface area (Å²) in [5, 5.41) is 0. The highest BCUT2D eigenvalue weighted by Gasteiger charge is 2.45. The van der Waals surface area contributed by atoms with Crippen molar-refractivity contribution >= 4 is 5.97 Å². The molecule has 0 aliphatic carbocycles. The van der Waals surface area contributed by atoms with Gasteiger partial charge in [-0.3, -0.25) is 0 Å². The molecule has 0 amide bonds. The summed E-state index contributed by atoms with van der Waals surface area (Å²) in [5.41, 5.74) is 1.69. The molecule has 3 heteroatoms. The SMILES string of the molecule is C[C@@H](OC(=O)c1ccccc1)[C@H]1O[C@H]1c1ccccc1. The number of ether oxygens (including phenoxy) is 2. The Balaban J connectivity index is 1.59. The molecule has 0 bridgehead atoms. The van der Waals surface area contributed by atoms with Crippen LogP contribution in [0.1, 0.15) is 28.9 Å². The zero-order valence-corrected chi connectivity index (χ0v) is 11.2. The molecule has 1 aliphatic rings. The fourth-order valence-corrected chi connectivity index (χ4v) is 2.27. The van der Waals surface area contributed by atoms with Crippen LogP contribution in [0.4, 0.5) is 0 Å². The molecule has 3 rings (SSSR count). The standard InChI is InChI=1S/C17H16O3/c1-12(19-17(18)14-10-6-3-7-11-14)15-16(20-15)13-8-4-2-5-9-13/h2-12,15-16H,1H3/t12-,15-,16+/m1/s1. The summed E-state index contributed by atoms with van der Waals surface area (Å²) in [6.45, 7) is 1.87. The first-order valence-corrected chi connectivity index (χ1v) is 6.72. The van der Waals surface area contributed by atoms with E-state index in [0.29, 0.717) is 5.56 Å². The molecule has 2 aromatic carbocycles. The molecule has 0 radical (unpaired) electrons. The largest absolute Gasteiger partial charge is 0.456 e. The average Bonchev–Trinajstić information content (AvgIpc) is 3.29. The summed E-state index contributed by atoms with van der Waals surface area (Å²) in [6, 6.07) is 19.0.